The highest BCUT2D eigenvalue weighted by atomic mass is 35.5. The van der Waals surface area contributed by atoms with Gasteiger partial charge in [0.15, 0.2) is 0 Å². The fourth-order valence-corrected chi connectivity index (χ4v) is 3.60. The molecule has 1 aromatic heterocycles. The van der Waals surface area contributed by atoms with Crippen molar-refractivity contribution in [2.24, 2.45) is 11.8 Å². The molecular weight excluding hydrogens is 260 g/mol. The van der Waals surface area contributed by atoms with Crippen LogP contribution in [-0.4, -0.2) is 14.9 Å². The number of hydrogen-bond acceptors (Lipinski definition) is 2. The molecule has 1 aromatic rings. The summed E-state index contributed by atoms with van der Waals surface area (Å²) in [5.41, 5.74) is 0.0389. The van der Waals surface area contributed by atoms with Crippen LogP contribution in [-0.2, 0) is 12.1 Å². The van der Waals surface area contributed by atoms with Gasteiger partial charge in [0.25, 0.3) is 0 Å². The maximum atomic E-state index is 11.1. The molecule has 0 aliphatic heterocycles. The maximum absolute atomic E-state index is 11.1. The summed E-state index contributed by atoms with van der Waals surface area (Å²) in [4.78, 5) is 0. The second-order valence-electron chi connectivity index (χ2n) is 6.20. The van der Waals surface area contributed by atoms with Gasteiger partial charge in [0.1, 0.15) is 5.60 Å². The van der Waals surface area contributed by atoms with E-state index in [1.165, 1.54) is 6.42 Å². The van der Waals surface area contributed by atoms with Crippen LogP contribution in [0.25, 0.3) is 0 Å². The van der Waals surface area contributed by atoms with Gasteiger partial charge in [-0.3, -0.25) is 4.68 Å². The standard InChI is InChI=1S/C15H25ClN2O/c1-4-8-18-14(13(16)10-17-18)15(19)7-5-6-12(9-15)11(2)3/h10-12,19H,4-9H2,1-3H3. The SMILES string of the molecule is CCCn1ncc(Cl)c1C1(O)CCCC(C(C)C)C1. The Balaban J connectivity index is 2.30. The van der Waals surface area contributed by atoms with Crippen LogP contribution >= 0.6 is 11.6 Å². The van der Waals surface area contributed by atoms with Crippen molar-refractivity contribution >= 4 is 11.6 Å². The van der Waals surface area contributed by atoms with Crippen LogP contribution in [0, 0.1) is 11.8 Å². The van der Waals surface area contributed by atoms with Crippen LogP contribution in [0.3, 0.4) is 0 Å². The van der Waals surface area contributed by atoms with Gasteiger partial charge in [-0.05, 0) is 43.9 Å². The maximum Gasteiger partial charge on any atom is 0.108 e. The molecular formula is C15H25ClN2O. The molecule has 0 radical (unpaired) electrons. The minimum atomic E-state index is -0.796. The third kappa shape index (κ3) is 2.97. The molecule has 2 rings (SSSR count). The number of rotatable bonds is 4. The Morgan fingerprint density at radius 2 is 2.32 bits per heavy atom. The molecule has 0 spiro atoms. The predicted octanol–water partition coefficient (Wildman–Crippen LogP) is 3.98. The Hall–Kier alpha value is -0.540. The largest absolute Gasteiger partial charge is 0.384 e. The Bertz CT molecular complexity index is 430. The molecule has 1 N–H and O–H groups in total. The molecule has 108 valence electrons. The van der Waals surface area contributed by atoms with Crippen molar-refractivity contribution < 1.29 is 5.11 Å². The quantitative estimate of drug-likeness (QED) is 0.908. The van der Waals surface area contributed by atoms with E-state index in [-0.39, 0.29) is 0 Å². The zero-order valence-electron chi connectivity index (χ0n) is 12.2. The number of hydrogen-bond donors (Lipinski definition) is 1. The molecule has 1 heterocycles. The molecule has 4 heteroatoms. The molecule has 2 atom stereocenters. The molecule has 1 aliphatic carbocycles. The molecule has 0 aromatic carbocycles. The van der Waals surface area contributed by atoms with E-state index < -0.39 is 5.60 Å². The van der Waals surface area contributed by atoms with Gasteiger partial charge in [0.2, 0.25) is 0 Å². The van der Waals surface area contributed by atoms with Crippen LogP contribution in [0.15, 0.2) is 6.20 Å². The lowest BCUT2D eigenvalue weighted by atomic mass is 9.72. The second-order valence-corrected chi connectivity index (χ2v) is 6.60. The highest BCUT2D eigenvalue weighted by molar-refractivity contribution is 6.31. The molecule has 1 saturated carbocycles. The first-order valence-electron chi connectivity index (χ1n) is 7.42. The van der Waals surface area contributed by atoms with Gasteiger partial charge in [-0.2, -0.15) is 5.10 Å². The van der Waals surface area contributed by atoms with Crippen molar-refractivity contribution in [1.82, 2.24) is 9.78 Å². The van der Waals surface area contributed by atoms with E-state index in [0.29, 0.717) is 16.9 Å². The molecule has 0 saturated heterocycles. The van der Waals surface area contributed by atoms with Crippen LogP contribution < -0.4 is 0 Å². The zero-order chi connectivity index (χ0) is 14.0. The van der Waals surface area contributed by atoms with Crippen LogP contribution in [0.5, 0.6) is 0 Å². The van der Waals surface area contributed by atoms with Gasteiger partial charge in [-0.25, -0.2) is 0 Å². The van der Waals surface area contributed by atoms with Crippen LogP contribution in [0.1, 0.15) is 58.6 Å². The van der Waals surface area contributed by atoms with Gasteiger partial charge in [0, 0.05) is 6.54 Å². The summed E-state index contributed by atoms with van der Waals surface area (Å²) in [6.45, 7) is 7.40. The smallest absolute Gasteiger partial charge is 0.108 e. The summed E-state index contributed by atoms with van der Waals surface area (Å²) in [6.07, 6.45) is 6.54. The van der Waals surface area contributed by atoms with E-state index in [9.17, 15) is 5.11 Å². The van der Waals surface area contributed by atoms with Crippen molar-refractivity contribution in [3.05, 3.63) is 16.9 Å². The lowest BCUT2D eigenvalue weighted by molar-refractivity contribution is -0.0364. The van der Waals surface area contributed by atoms with E-state index in [0.717, 1.165) is 37.9 Å². The van der Waals surface area contributed by atoms with E-state index in [2.05, 4.69) is 25.9 Å². The Kier molecular flexibility index (Phi) is 4.57. The number of aromatic nitrogens is 2. The average molecular weight is 285 g/mol. The van der Waals surface area contributed by atoms with Crippen molar-refractivity contribution in [1.29, 1.82) is 0 Å². The molecule has 0 bridgehead atoms. The van der Waals surface area contributed by atoms with Crippen molar-refractivity contribution in [3.8, 4) is 0 Å². The molecule has 3 nitrogen and oxygen atoms in total. The van der Waals surface area contributed by atoms with Gasteiger partial charge in [-0.15, -0.1) is 0 Å². The fraction of sp³-hybridized carbons (Fsp3) is 0.800. The Labute approximate surface area is 121 Å². The van der Waals surface area contributed by atoms with E-state index in [1.807, 2.05) is 4.68 Å². The first kappa shape index (κ1) is 14.9. The zero-order valence-corrected chi connectivity index (χ0v) is 13.0. The molecule has 0 amide bonds. The topological polar surface area (TPSA) is 38.0 Å². The van der Waals surface area contributed by atoms with Crippen molar-refractivity contribution in [2.75, 3.05) is 0 Å². The third-order valence-electron chi connectivity index (χ3n) is 4.38. The van der Waals surface area contributed by atoms with Gasteiger partial charge >= 0.3 is 0 Å². The van der Waals surface area contributed by atoms with E-state index >= 15 is 0 Å². The summed E-state index contributed by atoms with van der Waals surface area (Å²) in [7, 11) is 0. The average Bonchev–Trinajstić information content (AvgIpc) is 2.71. The van der Waals surface area contributed by atoms with E-state index in [1.54, 1.807) is 6.20 Å². The Morgan fingerprint density at radius 1 is 1.58 bits per heavy atom. The van der Waals surface area contributed by atoms with Gasteiger partial charge in [-0.1, -0.05) is 32.4 Å². The molecule has 2 unspecified atom stereocenters. The first-order valence-corrected chi connectivity index (χ1v) is 7.80. The second kappa shape index (κ2) is 5.84. The lowest BCUT2D eigenvalue weighted by Gasteiger charge is -2.39. The number of aryl methyl sites for hydroxylation is 1. The summed E-state index contributed by atoms with van der Waals surface area (Å²) >= 11 is 6.29. The normalized spacial score (nSPS) is 28.0. The van der Waals surface area contributed by atoms with Crippen molar-refractivity contribution in [3.63, 3.8) is 0 Å². The Morgan fingerprint density at radius 3 is 2.95 bits per heavy atom. The summed E-state index contributed by atoms with van der Waals surface area (Å²) in [6, 6.07) is 0. The predicted molar refractivity (Wildman–Crippen MR) is 78.2 cm³/mol. The highest BCUT2D eigenvalue weighted by Gasteiger charge is 2.40. The van der Waals surface area contributed by atoms with E-state index in [4.69, 9.17) is 11.6 Å². The number of halogens is 1. The summed E-state index contributed by atoms with van der Waals surface area (Å²) in [5.74, 6) is 1.17. The van der Waals surface area contributed by atoms with Gasteiger partial charge in [0.05, 0.1) is 16.9 Å². The number of nitrogens with zero attached hydrogens (tertiary/aromatic N) is 2. The lowest BCUT2D eigenvalue weighted by Crippen LogP contribution is -2.36. The third-order valence-corrected chi connectivity index (χ3v) is 4.66. The summed E-state index contributed by atoms with van der Waals surface area (Å²) < 4.78 is 1.89. The van der Waals surface area contributed by atoms with Crippen molar-refractivity contribution in [2.45, 2.75) is 65.0 Å². The molecule has 19 heavy (non-hydrogen) atoms. The van der Waals surface area contributed by atoms with Crippen LogP contribution in [0.2, 0.25) is 5.02 Å². The van der Waals surface area contributed by atoms with Gasteiger partial charge < -0.3 is 5.11 Å². The minimum Gasteiger partial charge on any atom is -0.384 e. The van der Waals surface area contributed by atoms with Crippen LogP contribution in [0.4, 0.5) is 0 Å². The highest BCUT2D eigenvalue weighted by Crippen LogP contribution is 2.44. The summed E-state index contributed by atoms with van der Waals surface area (Å²) in [5, 5.41) is 16.0. The first-order chi connectivity index (χ1) is 8.98. The number of aliphatic hydroxyl groups is 1. The monoisotopic (exact) mass is 284 g/mol. The molecule has 1 aliphatic rings. The minimum absolute atomic E-state index is 0.569. The molecule has 1 fully saturated rings. The fourth-order valence-electron chi connectivity index (χ4n) is 3.29.